The third-order valence-electron chi connectivity index (χ3n) is 8.04. The maximum Gasteiger partial charge on any atom is 0.295 e. The lowest BCUT2D eigenvalue weighted by Crippen LogP contribution is -2.30. The molecule has 41 heavy (non-hydrogen) atoms. The number of aliphatic hydroxyl groups excluding tert-OH is 1. The first-order valence-electron chi connectivity index (χ1n) is 15.4. The van der Waals surface area contributed by atoms with Gasteiger partial charge in [-0.05, 0) is 31.0 Å². The lowest BCUT2D eigenvalue weighted by atomic mass is 9.95. The van der Waals surface area contributed by atoms with Gasteiger partial charge in [-0.25, -0.2) is 0 Å². The third kappa shape index (κ3) is 9.27. The number of nitro groups is 1. The van der Waals surface area contributed by atoms with Gasteiger partial charge in [0.15, 0.2) is 0 Å². The molecule has 1 fully saturated rings. The van der Waals surface area contributed by atoms with Crippen molar-refractivity contribution in [2.24, 2.45) is 0 Å². The molecule has 1 heterocycles. The van der Waals surface area contributed by atoms with E-state index in [-0.39, 0.29) is 17.0 Å². The molecule has 1 aliphatic rings. The molecule has 7 heteroatoms. The Balaban J connectivity index is 1.58. The molecule has 2 aromatic carbocycles. The number of likely N-dealkylation sites (tertiary alicyclic amines) is 1. The summed E-state index contributed by atoms with van der Waals surface area (Å²) in [6, 6.07) is 12.2. The maximum absolute atomic E-state index is 13.2. The first kappa shape index (κ1) is 32.0. The van der Waals surface area contributed by atoms with Crippen molar-refractivity contribution < 1.29 is 19.6 Å². The predicted molar refractivity (Wildman–Crippen MR) is 164 cm³/mol. The summed E-state index contributed by atoms with van der Waals surface area (Å²) >= 11 is 0. The molecule has 2 aromatic rings. The summed E-state index contributed by atoms with van der Waals surface area (Å²) in [4.78, 5) is 38.6. The van der Waals surface area contributed by atoms with E-state index in [1.807, 2.05) is 19.1 Å². The summed E-state index contributed by atoms with van der Waals surface area (Å²) in [6.45, 7) is 4.56. The van der Waals surface area contributed by atoms with Crippen molar-refractivity contribution in [2.75, 3.05) is 6.54 Å². The lowest BCUT2D eigenvalue weighted by Gasteiger charge is -2.25. The number of hydrogen-bond donors (Lipinski definition) is 1. The Bertz CT molecular complexity index is 1170. The highest BCUT2D eigenvalue weighted by Crippen LogP contribution is 2.40. The number of aliphatic hydroxyl groups is 1. The van der Waals surface area contributed by atoms with Crippen LogP contribution in [-0.2, 0) is 9.59 Å². The average Bonchev–Trinajstić information content (AvgIpc) is 3.22. The van der Waals surface area contributed by atoms with Crippen molar-refractivity contribution in [3.05, 3.63) is 80.9 Å². The van der Waals surface area contributed by atoms with Gasteiger partial charge < -0.3 is 10.0 Å². The molecule has 0 aromatic heterocycles. The normalized spacial score (nSPS) is 16.4. The summed E-state index contributed by atoms with van der Waals surface area (Å²) in [6.07, 6.45) is 17.1. The summed E-state index contributed by atoms with van der Waals surface area (Å²) < 4.78 is 0. The first-order chi connectivity index (χ1) is 19.8. The quantitative estimate of drug-likeness (QED) is 0.0488. The van der Waals surface area contributed by atoms with Crippen LogP contribution < -0.4 is 0 Å². The first-order valence-corrected chi connectivity index (χ1v) is 15.4. The van der Waals surface area contributed by atoms with Crippen LogP contribution in [0.25, 0.3) is 5.76 Å². The van der Waals surface area contributed by atoms with Crippen LogP contribution in [0.1, 0.15) is 120 Å². The number of non-ortho nitro benzene ring substituents is 1. The van der Waals surface area contributed by atoms with E-state index in [1.54, 1.807) is 24.3 Å². The van der Waals surface area contributed by atoms with Crippen molar-refractivity contribution >= 4 is 23.1 Å². The standard InChI is InChI=1S/C34H46N2O5/c1-3-4-5-6-7-8-9-10-11-12-13-14-15-16-25-35-31(27-21-23-29(24-22-27)36(40)41)30(33(38)34(35)39)32(37)28-19-17-26(2)18-20-28/h17-24,31,37H,3-16,25H2,1-2H3/b32-30+. The molecular weight excluding hydrogens is 516 g/mol. The largest absolute Gasteiger partial charge is 0.507 e. The van der Waals surface area contributed by atoms with Crippen LogP contribution in [-0.4, -0.2) is 33.2 Å². The van der Waals surface area contributed by atoms with Crippen LogP contribution in [0.15, 0.2) is 54.1 Å². The van der Waals surface area contributed by atoms with E-state index < -0.39 is 22.7 Å². The van der Waals surface area contributed by atoms with E-state index >= 15 is 0 Å². The highest BCUT2D eigenvalue weighted by molar-refractivity contribution is 6.46. The molecule has 0 radical (unpaired) electrons. The van der Waals surface area contributed by atoms with Gasteiger partial charge in [-0.1, -0.05) is 120 Å². The fourth-order valence-corrected chi connectivity index (χ4v) is 5.58. The lowest BCUT2D eigenvalue weighted by molar-refractivity contribution is -0.384. The van der Waals surface area contributed by atoms with E-state index in [1.165, 1.54) is 81.2 Å². The van der Waals surface area contributed by atoms with Gasteiger partial charge in [0.25, 0.3) is 17.4 Å². The van der Waals surface area contributed by atoms with Crippen molar-refractivity contribution in [3.8, 4) is 0 Å². The van der Waals surface area contributed by atoms with E-state index in [2.05, 4.69) is 6.92 Å². The number of carbonyl (C=O) groups excluding carboxylic acids is 2. The minimum absolute atomic E-state index is 0.0260. The number of nitrogens with zero attached hydrogens (tertiary/aromatic N) is 2. The molecule has 3 rings (SSSR count). The van der Waals surface area contributed by atoms with Crippen molar-refractivity contribution in [3.63, 3.8) is 0 Å². The van der Waals surface area contributed by atoms with Gasteiger partial charge in [0.2, 0.25) is 0 Å². The number of aryl methyl sites for hydroxylation is 1. The fraction of sp³-hybridized carbons (Fsp3) is 0.529. The smallest absolute Gasteiger partial charge is 0.295 e. The zero-order chi connectivity index (χ0) is 29.6. The highest BCUT2D eigenvalue weighted by Gasteiger charge is 2.45. The Morgan fingerprint density at radius 2 is 1.27 bits per heavy atom. The maximum atomic E-state index is 13.2. The van der Waals surface area contributed by atoms with E-state index in [9.17, 15) is 24.8 Å². The highest BCUT2D eigenvalue weighted by atomic mass is 16.6. The molecule has 1 saturated heterocycles. The molecule has 1 aliphatic heterocycles. The zero-order valence-electron chi connectivity index (χ0n) is 24.8. The molecule has 0 bridgehead atoms. The molecule has 1 N–H and O–H groups in total. The molecule has 222 valence electrons. The van der Waals surface area contributed by atoms with E-state index in [0.29, 0.717) is 17.7 Å². The number of nitro benzene ring substituents is 1. The average molecular weight is 563 g/mol. The molecule has 0 saturated carbocycles. The zero-order valence-corrected chi connectivity index (χ0v) is 24.8. The third-order valence-corrected chi connectivity index (χ3v) is 8.04. The molecule has 0 aliphatic carbocycles. The second-order valence-corrected chi connectivity index (χ2v) is 11.3. The second-order valence-electron chi connectivity index (χ2n) is 11.3. The fourth-order valence-electron chi connectivity index (χ4n) is 5.58. The van der Waals surface area contributed by atoms with Crippen LogP contribution in [0.4, 0.5) is 5.69 Å². The molecule has 7 nitrogen and oxygen atoms in total. The number of rotatable bonds is 18. The summed E-state index contributed by atoms with van der Waals surface area (Å²) in [5.74, 6) is -1.59. The number of benzene rings is 2. The van der Waals surface area contributed by atoms with Crippen LogP contribution >= 0.6 is 0 Å². The number of Topliss-reactive ketones (excluding diaryl/α,β-unsaturated/α-hetero) is 1. The minimum atomic E-state index is -0.793. The summed E-state index contributed by atoms with van der Waals surface area (Å²) in [5.41, 5.74) is 1.98. The molecule has 1 amide bonds. The van der Waals surface area contributed by atoms with Crippen LogP contribution in [0.2, 0.25) is 0 Å². The molecule has 1 unspecified atom stereocenters. The summed E-state index contributed by atoms with van der Waals surface area (Å²) in [5, 5.41) is 22.3. The number of carbonyl (C=O) groups is 2. The van der Waals surface area contributed by atoms with E-state index in [4.69, 9.17) is 0 Å². The Morgan fingerprint density at radius 3 is 1.76 bits per heavy atom. The van der Waals surface area contributed by atoms with Gasteiger partial charge >= 0.3 is 0 Å². The van der Waals surface area contributed by atoms with Gasteiger partial charge in [0, 0.05) is 24.2 Å². The van der Waals surface area contributed by atoms with Gasteiger partial charge in [-0.3, -0.25) is 19.7 Å². The van der Waals surface area contributed by atoms with Gasteiger partial charge in [-0.2, -0.15) is 0 Å². The van der Waals surface area contributed by atoms with Crippen molar-refractivity contribution in [1.82, 2.24) is 4.90 Å². The van der Waals surface area contributed by atoms with Crippen LogP contribution in [0.3, 0.4) is 0 Å². The van der Waals surface area contributed by atoms with Crippen molar-refractivity contribution in [1.29, 1.82) is 0 Å². The summed E-state index contributed by atoms with van der Waals surface area (Å²) in [7, 11) is 0. The monoisotopic (exact) mass is 562 g/mol. The Labute approximate surface area is 244 Å². The van der Waals surface area contributed by atoms with Crippen LogP contribution in [0, 0.1) is 17.0 Å². The number of amides is 1. The van der Waals surface area contributed by atoms with Crippen LogP contribution in [0.5, 0.6) is 0 Å². The molecular formula is C34H46N2O5. The second kappa shape index (κ2) is 16.7. The molecule has 1 atom stereocenters. The number of unbranched alkanes of at least 4 members (excludes halogenated alkanes) is 13. The Kier molecular flexibility index (Phi) is 13.1. The van der Waals surface area contributed by atoms with Gasteiger partial charge in [0.1, 0.15) is 5.76 Å². The predicted octanol–water partition coefficient (Wildman–Crippen LogP) is 8.81. The topological polar surface area (TPSA) is 101 Å². The number of hydrogen-bond acceptors (Lipinski definition) is 5. The van der Waals surface area contributed by atoms with Crippen molar-refractivity contribution in [2.45, 2.75) is 110 Å². The SMILES string of the molecule is CCCCCCCCCCCCCCCCN1C(=O)C(=O)/C(=C(/O)c2ccc(C)cc2)C1c1ccc([N+](=O)[O-])cc1. The van der Waals surface area contributed by atoms with Gasteiger partial charge in [0.05, 0.1) is 16.5 Å². The number of ketones is 1. The van der Waals surface area contributed by atoms with E-state index in [0.717, 1.165) is 31.2 Å². The van der Waals surface area contributed by atoms with Gasteiger partial charge in [-0.15, -0.1) is 0 Å². The Hall–Kier alpha value is -3.48. The Morgan fingerprint density at radius 1 is 0.780 bits per heavy atom. The molecule has 0 spiro atoms. The minimum Gasteiger partial charge on any atom is -0.507 e.